The number of hydrogen-bond acceptors (Lipinski definition) is 4. The molecule has 0 radical (unpaired) electrons. The molecule has 1 heterocycles. The van der Waals surface area contributed by atoms with Gasteiger partial charge in [0, 0.05) is 27.7 Å². The standard InChI is InChI=1S/C24H31Cl2N3O3S/c1-18-11-15-28(16-12-18)14-4-13-27-24(30)19-7-9-20(10-8-19)29(33(2,31)32)17-21-22(25)5-3-6-23(21)26/h3,5-10,18H,4,11-17H2,1-2H3,(H,27,30). The Morgan fingerprint density at radius 3 is 2.27 bits per heavy atom. The van der Waals surface area contributed by atoms with E-state index in [4.69, 9.17) is 23.2 Å². The Balaban J connectivity index is 1.59. The maximum atomic E-state index is 12.5. The molecule has 1 saturated heterocycles. The summed E-state index contributed by atoms with van der Waals surface area (Å²) < 4.78 is 26.1. The van der Waals surface area contributed by atoms with Crippen LogP contribution in [0, 0.1) is 5.92 Å². The quantitative estimate of drug-likeness (QED) is 0.490. The van der Waals surface area contributed by atoms with Crippen LogP contribution in [0.2, 0.25) is 10.0 Å². The Hall–Kier alpha value is -1.80. The van der Waals surface area contributed by atoms with Crippen molar-refractivity contribution in [1.82, 2.24) is 10.2 Å². The maximum Gasteiger partial charge on any atom is 0.251 e. The van der Waals surface area contributed by atoms with Crippen LogP contribution in [0.1, 0.15) is 42.1 Å². The number of piperidine rings is 1. The molecular formula is C24H31Cl2N3O3S. The first-order valence-electron chi connectivity index (χ1n) is 11.2. The molecule has 2 aromatic rings. The summed E-state index contributed by atoms with van der Waals surface area (Å²) in [7, 11) is -3.60. The first-order valence-corrected chi connectivity index (χ1v) is 13.8. The van der Waals surface area contributed by atoms with E-state index >= 15 is 0 Å². The third kappa shape index (κ3) is 7.34. The van der Waals surface area contributed by atoms with Gasteiger partial charge in [0.2, 0.25) is 10.0 Å². The Morgan fingerprint density at radius 2 is 1.70 bits per heavy atom. The summed E-state index contributed by atoms with van der Waals surface area (Å²) >= 11 is 12.5. The number of halogens is 2. The lowest BCUT2D eigenvalue weighted by molar-refractivity contribution is 0.0950. The lowest BCUT2D eigenvalue weighted by Crippen LogP contribution is -2.35. The summed E-state index contributed by atoms with van der Waals surface area (Å²) in [4.78, 5) is 15.0. The van der Waals surface area contributed by atoms with Gasteiger partial charge in [-0.2, -0.15) is 0 Å². The van der Waals surface area contributed by atoms with Crippen LogP contribution in [-0.2, 0) is 16.6 Å². The predicted octanol–water partition coefficient (Wildman–Crippen LogP) is 4.81. The monoisotopic (exact) mass is 511 g/mol. The minimum Gasteiger partial charge on any atom is -0.352 e. The van der Waals surface area contributed by atoms with Crippen molar-refractivity contribution < 1.29 is 13.2 Å². The topological polar surface area (TPSA) is 69.7 Å². The summed E-state index contributed by atoms with van der Waals surface area (Å²) in [6.07, 6.45) is 4.51. The SMILES string of the molecule is CC1CCN(CCCNC(=O)c2ccc(N(Cc3c(Cl)cccc3Cl)S(C)(=O)=O)cc2)CC1. The van der Waals surface area contributed by atoms with Gasteiger partial charge in [-0.3, -0.25) is 9.10 Å². The summed E-state index contributed by atoms with van der Waals surface area (Å²) in [5.74, 6) is 0.637. The third-order valence-electron chi connectivity index (χ3n) is 5.99. The molecule has 0 aliphatic carbocycles. The fraction of sp³-hybridized carbons (Fsp3) is 0.458. The second-order valence-corrected chi connectivity index (χ2v) is 11.4. The van der Waals surface area contributed by atoms with E-state index in [1.54, 1.807) is 42.5 Å². The molecule has 33 heavy (non-hydrogen) atoms. The third-order valence-corrected chi connectivity index (χ3v) is 7.84. The van der Waals surface area contributed by atoms with Crippen LogP contribution in [0.25, 0.3) is 0 Å². The van der Waals surface area contributed by atoms with E-state index in [0.717, 1.165) is 38.2 Å². The number of rotatable bonds is 9. The second-order valence-electron chi connectivity index (χ2n) is 8.65. The molecule has 9 heteroatoms. The van der Waals surface area contributed by atoms with Gasteiger partial charge < -0.3 is 10.2 Å². The zero-order chi connectivity index (χ0) is 24.0. The van der Waals surface area contributed by atoms with Gasteiger partial charge in [-0.1, -0.05) is 36.2 Å². The molecule has 2 aromatic carbocycles. The molecule has 1 N–H and O–H groups in total. The van der Waals surface area contributed by atoms with Crippen LogP contribution in [0.15, 0.2) is 42.5 Å². The molecule has 0 saturated carbocycles. The van der Waals surface area contributed by atoms with Gasteiger partial charge in [-0.15, -0.1) is 0 Å². The van der Waals surface area contributed by atoms with Crippen LogP contribution in [-0.4, -0.2) is 51.7 Å². The van der Waals surface area contributed by atoms with Crippen LogP contribution in [0.5, 0.6) is 0 Å². The van der Waals surface area contributed by atoms with Crippen molar-refractivity contribution >= 4 is 44.8 Å². The lowest BCUT2D eigenvalue weighted by atomic mass is 9.99. The molecule has 0 aromatic heterocycles. The van der Waals surface area contributed by atoms with Gasteiger partial charge in [0.25, 0.3) is 5.91 Å². The number of carbonyl (C=O) groups excluding carboxylic acids is 1. The molecule has 0 atom stereocenters. The van der Waals surface area contributed by atoms with Gasteiger partial charge >= 0.3 is 0 Å². The van der Waals surface area contributed by atoms with Crippen molar-refractivity contribution in [2.75, 3.05) is 36.7 Å². The van der Waals surface area contributed by atoms with Crippen LogP contribution >= 0.6 is 23.2 Å². The number of likely N-dealkylation sites (tertiary alicyclic amines) is 1. The number of nitrogens with zero attached hydrogens (tertiary/aromatic N) is 2. The fourth-order valence-corrected chi connectivity index (χ4v) is 5.28. The Kier molecular flexibility index (Phi) is 9.04. The van der Waals surface area contributed by atoms with Gasteiger partial charge in [0.1, 0.15) is 0 Å². The van der Waals surface area contributed by atoms with Gasteiger partial charge in [-0.25, -0.2) is 8.42 Å². The van der Waals surface area contributed by atoms with Crippen molar-refractivity contribution in [2.24, 2.45) is 5.92 Å². The van der Waals surface area contributed by atoms with Crippen LogP contribution in [0.3, 0.4) is 0 Å². The molecule has 0 unspecified atom stereocenters. The lowest BCUT2D eigenvalue weighted by Gasteiger charge is -2.30. The van der Waals surface area contributed by atoms with Crippen molar-refractivity contribution in [2.45, 2.75) is 32.7 Å². The molecule has 1 fully saturated rings. The zero-order valence-corrected chi connectivity index (χ0v) is 21.4. The highest BCUT2D eigenvalue weighted by atomic mass is 35.5. The van der Waals surface area contributed by atoms with Gasteiger partial charge in [0.05, 0.1) is 18.5 Å². The molecule has 0 spiro atoms. The number of carbonyl (C=O) groups is 1. The van der Waals surface area contributed by atoms with Crippen molar-refractivity contribution in [3.63, 3.8) is 0 Å². The molecule has 3 rings (SSSR count). The Bertz CT molecular complexity index is 1030. The van der Waals surface area contributed by atoms with Gasteiger partial charge in [-0.05, 0) is 81.2 Å². The number of hydrogen-bond donors (Lipinski definition) is 1. The van der Waals surface area contributed by atoms with E-state index < -0.39 is 10.0 Å². The predicted molar refractivity (Wildman–Crippen MR) is 136 cm³/mol. The molecule has 1 aliphatic heterocycles. The highest BCUT2D eigenvalue weighted by molar-refractivity contribution is 7.92. The van der Waals surface area contributed by atoms with E-state index in [2.05, 4.69) is 17.1 Å². The van der Waals surface area contributed by atoms with Crippen molar-refractivity contribution in [3.8, 4) is 0 Å². The smallest absolute Gasteiger partial charge is 0.251 e. The van der Waals surface area contributed by atoms with Crippen molar-refractivity contribution in [1.29, 1.82) is 0 Å². The Labute approximate surface area is 206 Å². The first kappa shape index (κ1) is 25.8. The number of sulfonamides is 1. The first-order chi connectivity index (χ1) is 15.6. The average molecular weight is 513 g/mol. The molecule has 6 nitrogen and oxygen atoms in total. The fourth-order valence-electron chi connectivity index (χ4n) is 3.90. The van der Waals surface area contributed by atoms with Crippen LogP contribution in [0.4, 0.5) is 5.69 Å². The number of benzene rings is 2. The maximum absolute atomic E-state index is 12.5. The summed E-state index contributed by atoms with van der Waals surface area (Å²) in [6, 6.07) is 11.5. The van der Waals surface area contributed by atoms with Crippen LogP contribution < -0.4 is 9.62 Å². The number of amides is 1. The molecular weight excluding hydrogens is 481 g/mol. The molecule has 180 valence electrons. The van der Waals surface area contributed by atoms with E-state index in [1.165, 1.54) is 17.1 Å². The summed E-state index contributed by atoms with van der Waals surface area (Å²) in [6.45, 7) is 6.15. The summed E-state index contributed by atoms with van der Waals surface area (Å²) in [5.41, 5.74) is 1.44. The minimum atomic E-state index is -3.60. The normalized spacial score (nSPS) is 15.4. The zero-order valence-electron chi connectivity index (χ0n) is 19.1. The minimum absolute atomic E-state index is 0.00182. The summed E-state index contributed by atoms with van der Waals surface area (Å²) in [5, 5.41) is 3.74. The highest BCUT2D eigenvalue weighted by Gasteiger charge is 2.21. The van der Waals surface area contributed by atoms with E-state index in [9.17, 15) is 13.2 Å². The molecule has 0 bridgehead atoms. The number of nitrogens with one attached hydrogen (secondary N) is 1. The van der Waals surface area contributed by atoms with E-state index in [1.807, 2.05) is 0 Å². The average Bonchev–Trinajstić information content (AvgIpc) is 2.77. The molecule has 1 amide bonds. The van der Waals surface area contributed by atoms with Crippen molar-refractivity contribution in [3.05, 3.63) is 63.6 Å². The Morgan fingerprint density at radius 1 is 1.09 bits per heavy atom. The number of anilines is 1. The van der Waals surface area contributed by atoms with E-state index in [0.29, 0.717) is 33.4 Å². The highest BCUT2D eigenvalue weighted by Crippen LogP contribution is 2.29. The molecule has 1 aliphatic rings. The van der Waals surface area contributed by atoms with E-state index in [-0.39, 0.29) is 12.5 Å². The largest absolute Gasteiger partial charge is 0.352 e. The van der Waals surface area contributed by atoms with Gasteiger partial charge in [0.15, 0.2) is 0 Å². The second kappa shape index (κ2) is 11.6.